The Hall–Kier alpha value is -4.53. The highest BCUT2D eigenvalue weighted by atomic mass is 19.1. The van der Waals surface area contributed by atoms with Crippen molar-refractivity contribution in [1.29, 1.82) is 0 Å². The van der Waals surface area contributed by atoms with Crippen LogP contribution in [-0.2, 0) is 24.2 Å². The number of benzene rings is 3. The van der Waals surface area contributed by atoms with Crippen LogP contribution < -0.4 is 4.74 Å². The second-order valence-corrected chi connectivity index (χ2v) is 9.38. The van der Waals surface area contributed by atoms with Gasteiger partial charge in [-0.2, -0.15) is 0 Å². The number of fused-ring (bicyclic) bond motifs is 4. The first-order chi connectivity index (χ1) is 18.3. The van der Waals surface area contributed by atoms with Gasteiger partial charge in [-0.3, -0.25) is 4.79 Å². The van der Waals surface area contributed by atoms with Crippen molar-refractivity contribution >= 4 is 16.9 Å². The molecule has 38 heavy (non-hydrogen) atoms. The number of carboxylic acids is 1. The third-order valence-corrected chi connectivity index (χ3v) is 7.10. The maximum Gasteiger partial charge on any atom is 0.307 e. The lowest BCUT2D eigenvalue weighted by molar-refractivity contribution is -0.136. The van der Waals surface area contributed by atoms with E-state index in [-0.39, 0.29) is 22.6 Å². The van der Waals surface area contributed by atoms with E-state index in [2.05, 4.69) is 9.97 Å². The van der Waals surface area contributed by atoms with Crippen molar-refractivity contribution in [2.75, 3.05) is 0 Å². The molecule has 0 aliphatic carbocycles. The van der Waals surface area contributed by atoms with Gasteiger partial charge in [0, 0.05) is 47.6 Å². The molecule has 0 unspecified atom stereocenters. The van der Waals surface area contributed by atoms with E-state index in [0.717, 1.165) is 16.8 Å². The van der Waals surface area contributed by atoms with E-state index < -0.39 is 35.6 Å². The molecule has 6 rings (SSSR count). The quantitative estimate of drug-likeness (QED) is 0.267. The lowest BCUT2D eigenvalue weighted by atomic mass is 9.94. The SMILES string of the molecule is C[C@H](c1cccc(CC(=O)O)c1F)c1cnc2n1CCc1ccc(Oc3c(F)cc4[nH]ccc4c3F)cc1-2. The Morgan fingerprint density at radius 1 is 1.16 bits per heavy atom. The summed E-state index contributed by atoms with van der Waals surface area (Å²) in [7, 11) is 0. The van der Waals surface area contributed by atoms with Gasteiger partial charge in [0.05, 0.1) is 11.9 Å². The average Bonchev–Trinajstić information content (AvgIpc) is 3.54. The second kappa shape index (κ2) is 9.09. The summed E-state index contributed by atoms with van der Waals surface area (Å²) >= 11 is 0. The third-order valence-electron chi connectivity index (χ3n) is 7.10. The van der Waals surface area contributed by atoms with Gasteiger partial charge in [-0.05, 0) is 41.3 Å². The van der Waals surface area contributed by atoms with Gasteiger partial charge in [-0.15, -0.1) is 0 Å². The smallest absolute Gasteiger partial charge is 0.307 e. The number of ether oxygens (including phenoxy) is 1. The van der Waals surface area contributed by atoms with E-state index in [0.29, 0.717) is 29.9 Å². The maximum atomic E-state index is 15.2. The summed E-state index contributed by atoms with van der Waals surface area (Å²) in [4.78, 5) is 18.5. The second-order valence-electron chi connectivity index (χ2n) is 9.38. The summed E-state index contributed by atoms with van der Waals surface area (Å²) in [6.07, 6.45) is 3.50. The Labute approximate surface area is 215 Å². The summed E-state index contributed by atoms with van der Waals surface area (Å²) in [5.74, 6) is -3.21. The Morgan fingerprint density at radius 3 is 2.82 bits per heavy atom. The number of hydrogen-bond donors (Lipinski definition) is 2. The van der Waals surface area contributed by atoms with Crippen molar-refractivity contribution in [3.63, 3.8) is 0 Å². The zero-order valence-corrected chi connectivity index (χ0v) is 20.3. The molecule has 3 aromatic carbocycles. The lowest BCUT2D eigenvalue weighted by Gasteiger charge is -2.23. The monoisotopic (exact) mass is 517 g/mol. The number of nitrogens with one attached hydrogen (secondary N) is 1. The fourth-order valence-electron chi connectivity index (χ4n) is 5.18. The Balaban J connectivity index is 1.35. The first-order valence-corrected chi connectivity index (χ1v) is 12.1. The molecule has 1 atom stereocenters. The molecule has 0 amide bonds. The van der Waals surface area contributed by atoms with E-state index in [1.165, 1.54) is 24.4 Å². The summed E-state index contributed by atoms with van der Waals surface area (Å²) < 4.78 is 52.4. The molecule has 0 saturated carbocycles. The molecule has 0 spiro atoms. The zero-order chi connectivity index (χ0) is 26.6. The molecular formula is C29H22F3N3O3. The molecular weight excluding hydrogens is 495 g/mol. The first kappa shape index (κ1) is 23.8. The van der Waals surface area contributed by atoms with Crippen LogP contribution in [0.2, 0.25) is 0 Å². The van der Waals surface area contributed by atoms with Crippen LogP contribution in [-0.4, -0.2) is 25.6 Å². The van der Waals surface area contributed by atoms with Gasteiger partial charge in [-0.1, -0.05) is 31.2 Å². The standard InChI is InChI=1S/C29H22F3N3O3/c1-15(19-4-2-3-17(26(19)31)11-25(36)37)24-14-34-29-21-12-18(6-5-16(21)8-10-35(24)29)38-28-22(30)13-23-20(27(28)32)7-9-33-23/h2-7,9,12-15,33H,8,10-11H2,1H3,(H,36,37)/t15-/m1/s1. The van der Waals surface area contributed by atoms with Gasteiger partial charge in [0.25, 0.3) is 0 Å². The largest absolute Gasteiger partial charge is 0.481 e. The van der Waals surface area contributed by atoms with Crippen LogP contribution in [0.3, 0.4) is 0 Å². The van der Waals surface area contributed by atoms with E-state index in [4.69, 9.17) is 9.84 Å². The number of rotatable bonds is 6. The van der Waals surface area contributed by atoms with Crippen LogP contribution >= 0.6 is 0 Å². The van der Waals surface area contributed by atoms with Gasteiger partial charge >= 0.3 is 5.97 Å². The highest BCUT2D eigenvalue weighted by molar-refractivity contribution is 5.82. The number of H-pyrrole nitrogens is 1. The van der Waals surface area contributed by atoms with Crippen molar-refractivity contribution in [2.45, 2.75) is 32.2 Å². The predicted molar refractivity (Wildman–Crippen MR) is 135 cm³/mol. The summed E-state index contributed by atoms with van der Waals surface area (Å²) in [5.41, 5.74) is 3.40. The maximum absolute atomic E-state index is 15.2. The topological polar surface area (TPSA) is 80.1 Å². The number of hydrogen-bond acceptors (Lipinski definition) is 3. The highest BCUT2D eigenvalue weighted by Crippen LogP contribution is 2.39. The normalized spacial score (nSPS) is 13.3. The molecule has 0 radical (unpaired) electrons. The number of aryl methyl sites for hydroxylation is 1. The fourth-order valence-corrected chi connectivity index (χ4v) is 5.18. The number of aliphatic carboxylic acids is 1. The molecule has 3 heterocycles. The third kappa shape index (κ3) is 3.91. The molecule has 0 fully saturated rings. The van der Waals surface area contributed by atoms with Crippen LogP contribution in [0.1, 0.15) is 35.2 Å². The van der Waals surface area contributed by atoms with Crippen LogP contribution in [0, 0.1) is 17.5 Å². The van der Waals surface area contributed by atoms with Crippen LogP contribution in [0.5, 0.6) is 11.5 Å². The Bertz CT molecular complexity index is 1720. The first-order valence-electron chi connectivity index (χ1n) is 12.1. The van der Waals surface area contributed by atoms with Crippen molar-refractivity contribution in [3.05, 3.63) is 101 Å². The summed E-state index contributed by atoms with van der Waals surface area (Å²) in [6, 6.07) is 12.7. The molecule has 192 valence electrons. The molecule has 0 bridgehead atoms. The number of carbonyl (C=O) groups is 1. The van der Waals surface area contributed by atoms with E-state index >= 15 is 4.39 Å². The Kier molecular flexibility index (Phi) is 5.71. The van der Waals surface area contributed by atoms with E-state index in [1.54, 1.807) is 30.5 Å². The molecule has 6 nitrogen and oxygen atoms in total. The van der Waals surface area contributed by atoms with E-state index in [9.17, 15) is 13.6 Å². The van der Waals surface area contributed by atoms with Crippen molar-refractivity contribution in [2.24, 2.45) is 0 Å². The van der Waals surface area contributed by atoms with Crippen LogP contribution in [0.15, 0.2) is 60.9 Å². The van der Waals surface area contributed by atoms with E-state index in [1.807, 2.05) is 17.6 Å². The number of carboxylic acid groups (broad SMARTS) is 1. The molecule has 1 aliphatic heterocycles. The predicted octanol–water partition coefficient (Wildman–Crippen LogP) is 6.58. The number of aromatic amines is 1. The van der Waals surface area contributed by atoms with Gasteiger partial charge in [0.1, 0.15) is 17.4 Å². The van der Waals surface area contributed by atoms with Gasteiger partial charge in [-0.25, -0.2) is 18.2 Å². The van der Waals surface area contributed by atoms with Gasteiger partial charge < -0.3 is 19.4 Å². The Morgan fingerprint density at radius 2 is 2.00 bits per heavy atom. The summed E-state index contributed by atoms with van der Waals surface area (Å²) in [6.45, 7) is 2.47. The number of imidazole rings is 1. The minimum absolute atomic E-state index is 0.129. The zero-order valence-electron chi connectivity index (χ0n) is 20.3. The van der Waals surface area contributed by atoms with Crippen LogP contribution in [0.4, 0.5) is 13.2 Å². The summed E-state index contributed by atoms with van der Waals surface area (Å²) in [5, 5.41) is 9.33. The molecule has 2 aromatic heterocycles. The van der Waals surface area contributed by atoms with Crippen molar-refractivity contribution < 1.29 is 27.8 Å². The molecule has 1 aliphatic rings. The number of nitrogens with zero attached hydrogens (tertiary/aromatic N) is 2. The minimum atomic E-state index is -1.10. The fraction of sp³-hybridized carbons (Fsp3) is 0.172. The molecule has 5 aromatic rings. The van der Waals surface area contributed by atoms with Gasteiger partial charge in [0.2, 0.25) is 0 Å². The van der Waals surface area contributed by atoms with Crippen LogP contribution in [0.25, 0.3) is 22.3 Å². The average molecular weight is 518 g/mol. The molecule has 2 N–H and O–H groups in total. The molecule has 9 heteroatoms. The van der Waals surface area contributed by atoms with Crippen molar-refractivity contribution in [3.8, 4) is 22.9 Å². The minimum Gasteiger partial charge on any atom is -0.481 e. The highest BCUT2D eigenvalue weighted by Gasteiger charge is 2.26. The van der Waals surface area contributed by atoms with Gasteiger partial charge in [0.15, 0.2) is 17.4 Å². The molecule has 0 saturated heterocycles. The number of aromatic nitrogens is 3. The number of halogens is 3. The van der Waals surface area contributed by atoms with Crippen molar-refractivity contribution in [1.82, 2.24) is 14.5 Å². The lowest BCUT2D eigenvalue weighted by Crippen LogP contribution is -2.16.